The fourth-order valence-electron chi connectivity index (χ4n) is 2.74. The number of nitrogens with zero attached hydrogens (tertiary/aromatic N) is 1. The normalized spacial score (nSPS) is 27.1. The molecular weight excluding hydrogens is 224 g/mol. The van der Waals surface area contributed by atoms with E-state index in [-0.39, 0.29) is 18.3 Å². The molecule has 2 aliphatic heterocycles. The Balaban J connectivity index is 0.000000963. The van der Waals surface area contributed by atoms with Crippen molar-refractivity contribution in [2.24, 2.45) is 0 Å². The van der Waals surface area contributed by atoms with Crippen LogP contribution in [0.5, 0.6) is 0 Å². The summed E-state index contributed by atoms with van der Waals surface area (Å²) >= 11 is 0. The summed E-state index contributed by atoms with van der Waals surface area (Å²) in [6, 6.07) is 8.32. The molecule has 1 saturated heterocycles. The first-order chi connectivity index (χ1) is 7.29. The van der Waals surface area contributed by atoms with Gasteiger partial charge in [0.25, 0.3) is 5.91 Å². The third-order valence-corrected chi connectivity index (χ3v) is 3.59. The summed E-state index contributed by atoms with van der Waals surface area (Å²) in [6.45, 7) is 1.90. The highest BCUT2D eigenvalue weighted by Gasteiger charge is 2.40. The molecule has 0 spiro atoms. The van der Waals surface area contributed by atoms with Crippen LogP contribution in [0.15, 0.2) is 24.3 Å². The number of hydrogen-bond acceptors (Lipinski definition) is 2. The molecule has 1 aromatic carbocycles. The Morgan fingerprint density at radius 1 is 1.31 bits per heavy atom. The number of rotatable bonds is 0. The lowest BCUT2D eigenvalue weighted by Crippen LogP contribution is -2.45. The van der Waals surface area contributed by atoms with Crippen LogP contribution in [0.2, 0.25) is 0 Å². The van der Waals surface area contributed by atoms with Gasteiger partial charge in [-0.25, -0.2) is 0 Å². The molecule has 2 aliphatic rings. The van der Waals surface area contributed by atoms with Crippen molar-refractivity contribution >= 4 is 18.3 Å². The molecule has 0 aromatic heterocycles. The van der Waals surface area contributed by atoms with E-state index in [0.717, 1.165) is 18.7 Å². The topological polar surface area (TPSA) is 32.3 Å². The molecule has 4 heteroatoms. The molecule has 1 fully saturated rings. The molecule has 1 amide bonds. The molecular formula is C12H15ClN2O. The van der Waals surface area contributed by atoms with E-state index < -0.39 is 0 Å². The van der Waals surface area contributed by atoms with Crippen molar-refractivity contribution in [3.63, 3.8) is 0 Å². The second-order valence-electron chi connectivity index (χ2n) is 4.34. The van der Waals surface area contributed by atoms with Gasteiger partial charge in [-0.2, -0.15) is 0 Å². The Morgan fingerprint density at radius 2 is 2.06 bits per heavy atom. The number of halogens is 1. The van der Waals surface area contributed by atoms with E-state index in [2.05, 4.69) is 11.4 Å². The number of benzene rings is 1. The van der Waals surface area contributed by atoms with Gasteiger partial charge in [-0.05, 0) is 11.6 Å². The molecule has 2 heterocycles. The quantitative estimate of drug-likeness (QED) is 0.738. The third-order valence-electron chi connectivity index (χ3n) is 3.59. The number of carbonyl (C=O) groups excluding carboxylic acids is 1. The number of hydrogen-bond donors (Lipinski definition) is 1. The maximum absolute atomic E-state index is 12.1. The van der Waals surface area contributed by atoms with Gasteiger partial charge in [0, 0.05) is 31.6 Å². The van der Waals surface area contributed by atoms with Crippen molar-refractivity contribution in [2.45, 2.75) is 12.0 Å². The van der Waals surface area contributed by atoms with Gasteiger partial charge in [0.15, 0.2) is 0 Å². The predicted octanol–water partition coefficient (Wildman–Crippen LogP) is 1.25. The van der Waals surface area contributed by atoms with Crippen LogP contribution in [0.4, 0.5) is 0 Å². The largest absolute Gasteiger partial charge is 0.337 e. The van der Waals surface area contributed by atoms with Gasteiger partial charge in [0.05, 0.1) is 6.04 Å². The van der Waals surface area contributed by atoms with Crippen molar-refractivity contribution in [3.8, 4) is 0 Å². The zero-order valence-corrected chi connectivity index (χ0v) is 9.96. The van der Waals surface area contributed by atoms with Gasteiger partial charge in [-0.3, -0.25) is 4.79 Å². The molecule has 1 N–H and O–H groups in total. The molecule has 3 rings (SSSR count). The van der Waals surface area contributed by atoms with E-state index in [9.17, 15) is 4.79 Å². The van der Waals surface area contributed by atoms with Gasteiger partial charge < -0.3 is 10.2 Å². The molecule has 0 bridgehead atoms. The highest BCUT2D eigenvalue weighted by molar-refractivity contribution is 5.97. The van der Waals surface area contributed by atoms with E-state index in [4.69, 9.17) is 0 Å². The van der Waals surface area contributed by atoms with E-state index in [0.29, 0.717) is 12.0 Å². The van der Waals surface area contributed by atoms with Gasteiger partial charge >= 0.3 is 0 Å². The second-order valence-corrected chi connectivity index (χ2v) is 4.34. The van der Waals surface area contributed by atoms with Crippen LogP contribution in [-0.4, -0.2) is 37.0 Å². The van der Waals surface area contributed by atoms with Gasteiger partial charge in [-0.1, -0.05) is 18.2 Å². The Kier molecular flexibility index (Phi) is 2.91. The Hall–Kier alpha value is -1.06. The van der Waals surface area contributed by atoms with Crippen molar-refractivity contribution in [2.75, 3.05) is 20.1 Å². The lowest BCUT2D eigenvalue weighted by atomic mass is 9.85. The molecule has 0 saturated carbocycles. The minimum Gasteiger partial charge on any atom is -0.337 e. The molecule has 1 aromatic rings. The van der Waals surface area contributed by atoms with Gasteiger partial charge in [0.1, 0.15) is 0 Å². The maximum Gasteiger partial charge on any atom is 0.254 e. The fraction of sp³-hybridized carbons (Fsp3) is 0.417. The van der Waals surface area contributed by atoms with Crippen molar-refractivity contribution in [1.82, 2.24) is 10.2 Å². The van der Waals surface area contributed by atoms with Crippen LogP contribution >= 0.6 is 12.4 Å². The van der Waals surface area contributed by atoms with Crippen LogP contribution in [0, 0.1) is 0 Å². The number of amides is 1. The summed E-state index contributed by atoms with van der Waals surface area (Å²) in [7, 11) is 1.91. The number of carbonyl (C=O) groups is 1. The summed E-state index contributed by atoms with van der Waals surface area (Å²) < 4.78 is 0. The molecule has 0 unspecified atom stereocenters. The highest BCUT2D eigenvalue weighted by atomic mass is 35.5. The first-order valence-corrected chi connectivity index (χ1v) is 5.36. The Morgan fingerprint density at radius 3 is 2.88 bits per heavy atom. The van der Waals surface area contributed by atoms with Crippen LogP contribution in [-0.2, 0) is 0 Å². The summed E-state index contributed by atoms with van der Waals surface area (Å²) in [5, 5.41) is 3.36. The average Bonchev–Trinajstić information content (AvgIpc) is 2.75. The lowest BCUT2D eigenvalue weighted by Gasteiger charge is -2.35. The zero-order valence-electron chi connectivity index (χ0n) is 9.14. The first-order valence-electron chi connectivity index (χ1n) is 5.36. The number of likely N-dealkylation sites (N-methyl/N-ethyl adjacent to an activating group) is 1. The first kappa shape index (κ1) is 11.4. The van der Waals surface area contributed by atoms with Crippen molar-refractivity contribution in [1.29, 1.82) is 0 Å². The number of nitrogens with one attached hydrogen (secondary N) is 1. The van der Waals surface area contributed by atoms with Gasteiger partial charge in [0.2, 0.25) is 0 Å². The molecule has 16 heavy (non-hydrogen) atoms. The highest BCUT2D eigenvalue weighted by Crippen LogP contribution is 2.34. The SMILES string of the molecule is CN1C(=O)c2ccccc2[C@H]2CNC[C@@H]21.Cl. The zero-order chi connectivity index (χ0) is 10.4. The van der Waals surface area contributed by atoms with E-state index in [1.165, 1.54) is 5.56 Å². The van der Waals surface area contributed by atoms with Gasteiger partial charge in [-0.15, -0.1) is 12.4 Å². The molecule has 0 radical (unpaired) electrons. The maximum atomic E-state index is 12.1. The number of fused-ring (bicyclic) bond motifs is 3. The van der Waals surface area contributed by atoms with Crippen molar-refractivity contribution in [3.05, 3.63) is 35.4 Å². The average molecular weight is 239 g/mol. The molecule has 86 valence electrons. The second kappa shape index (κ2) is 4.07. The van der Waals surface area contributed by atoms with E-state index in [1.54, 1.807) is 0 Å². The van der Waals surface area contributed by atoms with Crippen molar-refractivity contribution < 1.29 is 4.79 Å². The lowest BCUT2D eigenvalue weighted by molar-refractivity contribution is 0.0706. The smallest absolute Gasteiger partial charge is 0.254 e. The summed E-state index contributed by atoms with van der Waals surface area (Å²) in [5.74, 6) is 0.638. The Bertz CT molecular complexity index is 421. The summed E-state index contributed by atoms with van der Waals surface area (Å²) in [6.07, 6.45) is 0. The van der Waals surface area contributed by atoms with E-state index in [1.807, 2.05) is 30.1 Å². The molecule has 2 atom stereocenters. The monoisotopic (exact) mass is 238 g/mol. The third kappa shape index (κ3) is 1.43. The van der Waals surface area contributed by atoms with Crippen LogP contribution < -0.4 is 5.32 Å². The standard InChI is InChI=1S/C12H14N2O.ClH/c1-14-11-7-13-6-10(11)8-4-2-3-5-9(8)12(14)15;/h2-5,10-11,13H,6-7H2,1H3;1H/t10-,11+;/m1./s1. The minimum atomic E-state index is 0. The van der Waals surface area contributed by atoms with E-state index >= 15 is 0 Å². The fourth-order valence-corrected chi connectivity index (χ4v) is 2.74. The summed E-state index contributed by atoms with van der Waals surface area (Å²) in [4.78, 5) is 13.9. The molecule has 0 aliphatic carbocycles. The van der Waals surface area contributed by atoms with Crippen LogP contribution in [0.25, 0.3) is 0 Å². The minimum absolute atomic E-state index is 0. The predicted molar refractivity (Wildman–Crippen MR) is 65.2 cm³/mol. The summed E-state index contributed by atoms with van der Waals surface area (Å²) in [5.41, 5.74) is 2.10. The van der Waals surface area contributed by atoms with Crippen LogP contribution in [0.3, 0.4) is 0 Å². The Labute approximate surface area is 101 Å². The van der Waals surface area contributed by atoms with Crippen LogP contribution in [0.1, 0.15) is 21.8 Å². The molecule has 3 nitrogen and oxygen atoms in total.